The topological polar surface area (TPSA) is 38.7 Å². The normalized spacial score (nSPS) is 12.0. The number of hydrogen-bond acceptors (Lipinski definition) is 3. The van der Waals surface area contributed by atoms with Gasteiger partial charge in [0.05, 0.1) is 14.2 Å². The number of halogens is 1. The lowest BCUT2D eigenvalue weighted by Gasteiger charge is -2.14. The molecule has 0 saturated heterocycles. The van der Waals surface area contributed by atoms with Crippen LogP contribution in [0.2, 0.25) is 0 Å². The smallest absolute Gasteiger partial charge is 0.161 e. The summed E-state index contributed by atoms with van der Waals surface area (Å²) in [5, 5.41) is 10.2. The Kier molecular flexibility index (Phi) is 4.02. The van der Waals surface area contributed by atoms with E-state index in [2.05, 4.69) is 0 Å². The molecule has 0 aliphatic carbocycles. The summed E-state index contributed by atoms with van der Waals surface area (Å²) in [6.07, 6.45) is -0.907. The van der Waals surface area contributed by atoms with Crippen LogP contribution in [0.3, 0.4) is 0 Å². The molecule has 0 bridgehead atoms. The summed E-state index contributed by atoms with van der Waals surface area (Å²) in [5.74, 6) is 0.727. The van der Waals surface area contributed by atoms with Crippen molar-refractivity contribution in [2.75, 3.05) is 14.2 Å². The lowest BCUT2D eigenvalue weighted by Crippen LogP contribution is -2.01. The zero-order valence-corrected chi connectivity index (χ0v) is 10.8. The molecule has 0 saturated carbocycles. The van der Waals surface area contributed by atoms with Crippen LogP contribution in [0.15, 0.2) is 42.5 Å². The van der Waals surface area contributed by atoms with Crippen molar-refractivity contribution in [1.29, 1.82) is 0 Å². The third kappa shape index (κ3) is 2.85. The fraction of sp³-hybridized carbons (Fsp3) is 0.200. The third-order valence-corrected chi connectivity index (χ3v) is 2.89. The Balaban J connectivity index is 2.36. The van der Waals surface area contributed by atoms with Crippen molar-refractivity contribution >= 4 is 0 Å². The molecule has 0 aliphatic heterocycles. The summed E-state index contributed by atoms with van der Waals surface area (Å²) in [6.45, 7) is 0. The van der Waals surface area contributed by atoms with Crippen LogP contribution in [0.5, 0.6) is 11.5 Å². The molecule has 0 unspecified atom stereocenters. The van der Waals surface area contributed by atoms with E-state index in [1.807, 2.05) is 0 Å². The van der Waals surface area contributed by atoms with E-state index in [0.717, 1.165) is 0 Å². The summed E-state index contributed by atoms with van der Waals surface area (Å²) in [4.78, 5) is 0. The Morgan fingerprint density at radius 1 is 0.947 bits per heavy atom. The second-order valence-corrected chi connectivity index (χ2v) is 4.07. The van der Waals surface area contributed by atoms with Gasteiger partial charge in [0, 0.05) is 0 Å². The Hall–Kier alpha value is -2.07. The van der Waals surface area contributed by atoms with Crippen LogP contribution in [0.4, 0.5) is 4.39 Å². The van der Waals surface area contributed by atoms with E-state index < -0.39 is 6.10 Å². The van der Waals surface area contributed by atoms with E-state index in [1.54, 1.807) is 37.4 Å². The predicted molar refractivity (Wildman–Crippen MR) is 70.0 cm³/mol. The molecule has 2 rings (SSSR count). The molecule has 2 aromatic rings. The van der Waals surface area contributed by atoms with Crippen molar-refractivity contribution in [2.24, 2.45) is 0 Å². The molecule has 100 valence electrons. The fourth-order valence-corrected chi connectivity index (χ4v) is 1.89. The van der Waals surface area contributed by atoms with Crippen LogP contribution in [0, 0.1) is 5.82 Å². The van der Waals surface area contributed by atoms with Gasteiger partial charge in [-0.05, 0) is 35.4 Å². The molecule has 1 N–H and O–H groups in total. The zero-order chi connectivity index (χ0) is 13.8. The van der Waals surface area contributed by atoms with Crippen LogP contribution < -0.4 is 9.47 Å². The molecular formula is C15H15FO3. The quantitative estimate of drug-likeness (QED) is 0.920. The Labute approximate surface area is 111 Å². The van der Waals surface area contributed by atoms with E-state index in [0.29, 0.717) is 22.6 Å². The molecule has 19 heavy (non-hydrogen) atoms. The second-order valence-electron chi connectivity index (χ2n) is 4.07. The maximum absolute atomic E-state index is 13.2. The Morgan fingerprint density at radius 3 is 2.26 bits per heavy atom. The van der Waals surface area contributed by atoms with E-state index in [1.165, 1.54) is 19.2 Å². The summed E-state index contributed by atoms with van der Waals surface area (Å²) >= 11 is 0. The number of aliphatic hydroxyl groups is 1. The number of benzene rings is 2. The molecule has 4 heteroatoms. The zero-order valence-electron chi connectivity index (χ0n) is 10.8. The number of hydrogen-bond donors (Lipinski definition) is 1. The molecule has 0 spiro atoms. The van der Waals surface area contributed by atoms with Crippen molar-refractivity contribution in [3.8, 4) is 11.5 Å². The van der Waals surface area contributed by atoms with Crippen molar-refractivity contribution < 1.29 is 19.0 Å². The van der Waals surface area contributed by atoms with Crippen LogP contribution in [0.25, 0.3) is 0 Å². The average molecular weight is 262 g/mol. The van der Waals surface area contributed by atoms with Crippen molar-refractivity contribution in [3.05, 3.63) is 59.4 Å². The minimum atomic E-state index is -0.907. The van der Waals surface area contributed by atoms with Crippen molar-refractivity contribution in [3.63, 3.8) is 0 Å². The molecule has 0 amide bonds. The average Bonchev–Trinajstić information content (AvgIpc) is 2.45. The molecule has 0 aromatic heterocycles. The second kappa shape index (κ2) is 5.71. The van der Waals surface area contributed by atoms with Gasteiger partial charge >= 0.3 is 0 Å². The van der Waals surface area contributed by atoms with Gasteiger partial charge in [-0.1, -0.05) is 18.2 Å². The van der Waals surface area contributed by atoms with Crippen LogP contribution >= 0.6 is 0 Å². The highest BCUT2D eigenvalue weighted by Gasteiger charge is 2.14. The van der Waals surface area contributed by atoms with Crippen LogP contribution in [-0.4, -0.2) is 19.3 Å². The number of rotatable bonds is 4. The van der Waals surface area contributed by atoms with Crippen molar-refractivity contribution in [2.45, 2.75) is 6.10 Å². The van der Waals surface area contributed by atoms with E-state index in [-0.39, 0.29) is 5.82 Å². The highest BCUT2D eigenvalue weighted by atomic mass is 19.1. The SMILES string of the molecule is COc1ccc([C@H](O)c2cccc(F)c2)cc1OC. The maximum Gasteiger partial charge on any atom is 0.161 e. The fourth-order valence-electron chi connectivity index (χ4n) is 1.89. The number of methoxy groups -OCH3 is 2. The van der Waals surface area contributed by atoms with Gasteiger partial charge in [0.1, 0.15) is 11.9 Å². The first-order valence-electron chi connectivity index (χ1n) is 5.81. The van der Waals surface area contributed by atoms with Crippen LogP contribution in [-0.2, 0) is 0 Å². The first-order chi connectivity index (χ1) is 9.15. The highest BCUT2D eigenvalue weighted by molar-refractivity contribution is 5.45. The Bertz CT molecular complexity index is 569. The van der Waals surface area contributed by atoms with E-state index in [9.17, 15) is 9.50 Å². The van der Waals surface area contributed by atoms with E-state index >= 15 is 0 Å². The molecule has 2 aromatic carbocycles. The third-order valence-electron chi connectivity index (χ3n) is 2.89. The standard InChI is InChI=1S/C15H15FO3/c1-18-13-7-6-11(9-14(13)19-2)15(17)10-4-3-5-12(16)8-10/h3-9,15,17H,1-2H3/t15-/m1/s1. The molecule has 0 radical (unpaired) electrons. The molecule has 0 aliphatic rings. The van der Waals surface area contributed by atoms with Crippen LogP contribution in [0.1, 0.15) is 17.2 Å². The first kappa shape index (κ1) is 13.4. The van der Waals surface area contributed by atoms with Gasteiger partial charge in [-0.25, -0.2) is 4.39 Å². The lowest BCUT2D eigenvalue weighted by molar-refractivity contribution is 0.219. The largest absolute Gasteiger partial charge is 0.493 e. The van der Waals surface area contributed by atoms with Gasteiger partial charge in [0.25, 0.3) is 0 Å². The van der Waals surface area contributed by atoms with Crippen molar-refractivity contribution in [1.82, 2.24) is 0 Å². The summed E-state index contributed by atoms with van der Waals surface area (Å²) in [6, 6.07) is 11.0. The number of aliphatic hydroxyl groups excluding tert-OH is 1. The minimum absolute atomic E-state index is 0.378. The molecular weight excluding hydrogens is 247 g/mol. The van der Waals surface area contributed by atoms with Gasteiger partial charge in [0.15, 0.2) is 11.5 Å². The Morgan fingerprint density at radius 2 is 1.63 bits per heavy atom. The molecule has 3 nitrogen and oxygen atoms in total. The van der Waals surface area contributed by atoms with Gasteiger partial charge < -0.3 is 14.6 Å². The number of ether oxygens (including phenoxy) is 2. The summed E-state index contributed by atoms with van der Waals surface area (Å²) < 4.78 is 23.5. The predicted octanol–water partition coefficient (Wildman–Crippen LogP) is 2.92. The van der Waals surface area contributed by atoms with Gasteiger partial charge in [0.2, 0.25) is 0 Å². The van der Waals surface area contributed by atoms with Gasteiger partial charge in [-0.15, -0.1) is 0 Å². The van der Waals surface area contributed by atoms with Gasteiger partial charge in [-0.3, -0.25) is 0 Å². The molecule has 0 heterocycles. The molecule has 0 fully saturated rings. The lowest BCUT2D eigenvalue weighted by atomic mass is 10.0. The summed E-state index contributed by atoms with van der Waals surface area (Å²) in [5.41, 5.74) is 1.11. The monoisotopic (exact) mass is 262 g/mol. The minimum Gasteiger partial charge on any atom is -0.493 e. The maximum atomic E-state index is 13.2. The first-order valence-corrected chi connectivity index (χ1v) is 5.81. The van der Waals surface area contributed by atoms with Gasteiger partial charge in [-0.2, -0.15) is 0 Å². The summed E-state index contributed by atoms with van der Waals surface area (Å²) in [7, 11) is 3.07. The van der Waals surface area contributed by atoms with E-state index in [4.69, 9.17) is 9.47 Å². The molecule has 1 atom stereocenters. The highest BCUT2D eigenvalue weighted by Crippen LogP contribution is 2.32.